The number of aliphatic hydroxyl groups is 1. The summed E-state index contributed by atoms with van der Waals surface area (Å²) < 4.78 is 32.2. The standard InChI is InChI=1S/C18H24ClNO5S/c19-14-6-8-16(9-7-14)26(23,24)20-11-15(21)10-17(20)18(22)25-12-13-4-2-1-3-5-13/h6-9,13,15,17,21H,1-5,10-12H2/t15-,17-/m0/s1. The number of sulfonamides is 1. The number of carbonyl (C=O) groups excluding carboxylic acids is 1. The average molecular weight is 402 g/mol. The minimum absolute atomic E-state index is 0.0427. The van der Waals surface area contributed by atoms with Gasteiger partial charge in [-0.15, -0.1) is 0 Å². The van der Waals surface area contributed by atoms with Crippen molar-refractivity contribution in [2.45, 2.75) is 55.6 Å². The van der Waals surface area contributed by atoms with Crippen LogP contribution in [-0.4, -0.2) is 49.1 Å². The second kappa shape index (κ2) is 8.25. The molecular formula is C18H24ClNO5S. The highest BCUT2D eigenvalue weighted by atomic mass is 35.5. The minimum Gasteiger partial charge on any atom is -0.464 e. The number of nitrogens with zero attached hydrogens (tertiary/aromatic N) is 1. The number of esters is 1. The normalized spacial score (nSPS) is 25.3. The molecule has 1 saturated carbocycles. The molecule has 1 heterocycles. The van der Waals surface area contributed by atoms with E-state index in [0.29, 0.717) is 17.5 Å². The first-order valence-electron chi connectivity index (χ1n) is 9.00. The fourth-order valence-corrected chi connectivity index (χ4v) is 5.41. The SMILES string of the molecule is O=C(OCC1CCCCC1)[C@@H]1C[C@H](O)CN1S(=O)(=O)c1ccc(Cl)cc1. The molecular weight excluding hydrogens is 378 g/mol. The third-order valence-electron chi connectivity index (χ3n) is 5.11. The van der Waals surface area contributed by atoms with Crippen LogP contribution < -0.4 is 0 Å². The van der Waals surface area contributed by atoms with Gasteiger partial charge >= 0.3 is 5.97 Å². The van der Waals surface area contributed by atoms with E-state index in [0.717, 1.165) is 30.0 Å². The van der Waals surface area contributed by atoms with Gasteiger partial charge in [0.25, 0.3) is 0 Å². The van der Waals surface area contributed by atoms with E-state index >= 15 is 0 Å². The summed E-state index contributed by atoms with van der Waals surface area (Å²) in [5.74, 6) is -0.231. The van der Waals surface area contributed by atoms with Crippen LogP contribution in [-0.2, 0) is 19.6 Å². The van der Waals surface area contributed by atoms with Crippen LogP contribution in [0.1, 0.15) is 38.5 Å². The lowest BCUT2D eigenvalue weighted by atomic mass is 9.90. The molecule has 2 atom stereocenters. The lowest BCUT2D eigenvalue weighted by Gasteiger charge is -2.25. The Labute approximate surface area is 159 Å². The number of ether oxygens (including phenoxy) is 1. The van der Waals surface area contributed by atoms with Crippen molar-refractivity contribution in [1.29, 1.82) is 0 Å². The molecule has 0 bridgehead atoms. The van der Waals surface area contributed by atoms with E-state index in [1.54, 1.807) is 0 Å². The molecule has 0 unspecified atom stereocenters. The molecule has 2 fully saturated rings. The number of aliphatic hydroxyl groups excluding tert-OH is 1. The summed E-state index contributed by atoms with van der Waals surface area (Å²) in [6.45, 7) is 0.203. The van der Waals surface area contributed by atoms with Gasteiger partial charge in [0.1, 0.15) is 6.04 Å². The second-order valence-corrected chi connectivity index (χ2v) is 9.40. The Morgan fingerprint density at radius 3 is 2.50 bits per heavy atom. The van der Waals surface area contributed by atoms with E-state index in [-0.39, 0.29) is 17.9 Å². The number of halogens is 1. The summed E-state index contributed by atoms with van der Waals surface area (Å²) in [6.07, 6.45) is 4.73. The topological polar surface area (TPSA) is 83.9 Å². The van der Waals surface area contributed by atoms with Gasteiger partial charge in [0.05, 0.1) is 17.6 Å². The highest BCUT2D eigenvalue weighted by Crippen LogP contribution is 2.29. The van der Waals surface area contributed by atoms with Crippen LogP contribution in [0.5, 0.6) is 0 Å². The van der Waals surface area contributed by atoms with Crippen molar-refractivity contribution in [3.63, 3.8) is 0 Å². The van der Waals surface area contributed by atoms with Crippen molar-refractivity contribution in [3.8, 4) is 0 Å². The molecule has 1 N–H and O–H groups in total. The summed E-state index contributed by atoms with van der Waals surface area (Å²) in [5.41, 5.74) is 0. The van der Waals surface area contributed by atoms with E-state index in [9.17, 15) is 18.3 Å². The van der Waals surface area contributed by atoms with E-state index in [1.807, 2.05) is 0 Å². The van der Waals surface area contributed by atoms with E-state index in [1.165, 1.54) is 30.7 Å². The Bertz CT molecular complexity index is 730. The van der Waals surface area contributed by atoms with Crippen molar-refractivity contribution in [3.05, 3.63) is 29.3 Å². The van der Waals surface area contributed by atoms with Crippen molar-refractivity contribution in [2.75, 3.05) is 13.2 Å². The van der Waals surface area contributed by atoms with Crippen molar-refractivity contribution >= 4 is 27.6 Å². The highest BCUT2D eigenvalue weighted by Gasteiger charge is 2.44. The third-order valence-corrected chi connectivity index (χ3v) is 7.25. The lowest BCUT2D eigenvalue weighted by molar-refractivity contribution is -0.149. The van der Waals surface area contributed by atoms with Gasteiger partial charge in [0.2, 0.25) is 10.0 Å². The van der Waals surface area contributed by atoms with Gasteiger partial charge in [-0.2, -0.15) is 4.31 Å². The van der Waals surface area contributed by atoms with E-state index in [2.05, 4.69) is 0 Å². The summed E-state index contributed by atoms with van der Waals surface area (Å²) in [4.78, 5) is 12.6. The van der Waals surface area contributed by atoms with Gasteiger partial charge in [-0.05, 0) is 43.0 Å². The molecule has 3 rings (SSSR count). The largest absolute Gasteiger partial charge is 0.464 e. The molecule has 0 spiro atoms. The van der Waals surface area contributed by atoms with Gasteiger partial charge in [-0.3, -0.25) is 4.79 Å². The molecule has 1 aromatic rings. The van der Waals surface area contributed by atoms with Crippen molar-refractivity contribution in [1.82, 2.24) is 4.31 Å². The fourth-order valence-electron chi connectivity index (χ4n) is 3.66. The second-order valence-electron chi connectivity index (χ2n) is 7.07. The molecule has 0 radical (unpaired) electrons. The van der Waals surface area contributed by atoms with Crippen LogP contribution in [0.25, 0.3) is 0 Å². The van der Waals surface area contributed by atoms with Crippen LogP contribution in [0, 0.1) is 5.92 Å². The molecule has 8 heteroatoms. The summed E-state index contributed by atoms with van der Waals surface area (Å²) >= 11 is 5.82. The molecule has 6 nitrogen and oxygen atoms in total. The molecule has 0 amide bonds. The lowest BCUT2D eigenvalue weighted by Crippen LogP contribution is -2.41. The quantitative estimate of drug-likeness (QED) is 0.766. The maximum atomic E-state index is 12.9. The number of hydrogen-bond donors (Lipinski definition) is 1. The molecule has 1 aliphatic carbocycles. The zero-order valence-corrected chi connectivity index (χ0v) is 16.1. The Kier molecular flexibility index (Phi) is 6.22. The number of rotatable bonds is 5. The number of benzene rings is 1. The fraction of sp³-hybridized carbons (Fsp3) is 0.611. The zero-order valence-electron chi connectivity index (χ0n) is 14.5. The van der Waals surface area contributed by atoms with Gasteiger partial charge in [-0.25, -0.2) is 8.42 Å². The molecule has 144 valence electrons. The summed E-state index contributed by atoms with van der Waals surface area (Å²) in [7, 11) is -3.91. The smallest absolute Gasteiger partial charge is 0.324 e. The zero-order chi connectivity index (χ0) is 18.7. The van der Waals surface area contributed by atoms with Gasteiger partial charge in [-0.1, -0.05) is 30.9 Å². The molecule has 2 aliphatic rings. The summed E-state index contributed by atoms with van der Waals surface area (Å²) in [5, 5.41) is 10.4. The minimum atomic E-state index is -3.91. The number of hydrogen-bond acceptors (Lipinski definition) is 5. The van der Waals surface area contributed by atoms with Crippen molar-refractivity contribution < 1.29 is 23.1 Å². The average Bonchev–Trinajstić information content (AvgIpc) is 3.04. The first-order valence-corrected chi connectivity index (χ1v) is 10.8. The van der Waals surface area contributed by atoms with Crippen molar-refractivity contribution in [2.24, 2.45) is 5.92 Å². The van der Waals surface area contributed by atoms with Crippen LogP contribution in [0.4, 0.5) is 0 Å². The maximum absolute atomic E-state index is 12.9. The van der Waals surface area contributed by atoms with Gasteiger partial charge < -0.3 is 9.84 Å². The third kappa shape index (κ3) is 4.39. The Balaban J connectivity index is 1.71. The maximum Gasteiger partial charge on any atom is 0.324 e. The van der Waals surface area contributed by atoms with Crippen LogP contribution in [0.3, 0.4) is 0 Å². The van der Waals surface area contributed by atoms with E-state index in [4.69, 9.17) is 16.3 Å². The number of carbonyl (C=O) groups is 1. The molecule has 1 aliphatic heterocycles. The Hall–Kier alpha value is -1.15. The summed E-state index contributed by atoms with van der Waals surface area (Å²) in [6, 6.07) is 4.77. The van der Waals surface area contributed by atoms with Crippen LogP contribution >= 0.6 is 11.6 Å². The first kappa shape index (κ1) is 19.6. The number of β-amino-alcohol motifs (C(OH)–C–C–N with tert-alkyl or cyclic N) is 1. The molecule has 1 aromatic carbocycles. The van der Waals surface area contributed by atoms with E-state index < -0.39 is 28.1 Å². The predicted octanol–water partition coefficient (Wildman–Crippen LogP) is 2.59. The van der Waals surface area contributed by atoms with Gasteiger partial charge in [0.15, 0.2) is 0 Å². The van der Waals surface area contributed by atoms with Gasteiger partial charge in [0, 0.05) is 18.0 Å². The highest BCUT2D eigenvalue weighted by molar-refractivity contribution is 7.89. The molecule has 0 aromatic heterocycles. The molecule has 1 saturated heterocycles. The predicted molar refractivity (Wildman–Crippen MR) is 97.3 cm³/mol. The first-order chi connectivity index (χ1) is 12.4. The van der Waals surface area contributed by atoms with Crippen LogP contribution in [0.2, 0.25) is 5.02 Å². The monoisotopic (exact) mass is 401 g/mol. The van der Waals surface area contributed by atoms with Crippen LogP contribution in [0.15, 0.2) is 29.2 Å². The molecule has 26 heavy (non-hydrogen) atoms. The Morgan fingerprint density at radius 1 is 1.19 bits per heavy atom. The Morgan fingerprint density at radius 2 is 1.85 bits per heavy atom.